The molecule has 2 aromatic rings. The van der Waals surface area contributed by atoms with E-state index >= 15 is 0 Å². The molecule has 1 saturated heterocycles. The van der Waals surface area contributed by atoms with E-state index in [1.807, 2.05) is 42.5 Å². The quantitative estimate of drug-likeness (QED) is 0.438. The van der Waals surface area contributed by atoms with E-state index in [9.17, 15) is 25.2 Å². The fourth-order valence-electron chi connectivity index (χ4n) is 4.91. The third-order valence-corrected chi connectivity index (χ3v) is 6.81. The third-order valence-electron chi connectivity index (χ3n) is 6.81. The molecule has 1 aliphatic carbocycles. The summed E-state index contributed by atoms with van der Waals surface area (Å²) in [6, 6.07) is 17.1. The lowest BCUT2D eigenvalue weighted by Gasteiger charge is -2.39. The maximum absolute atomic E-state index is 12.9. The molecular weight excluding hydrogens is 450 g/mol. The van der Waals surface area contributed by atoms with Gasteiger partial charge in [0.15, 0.2) is 5.78 Å². The van der Waals surface area contributed by atoms with Gasteiger partial charge in [0.1, 0.15) is 30.2 Å². The van der Waals surface area contributed by atoms with Crippen LogP contribution >= 0.6 is 0 Å². The zero-order valence-corrected chi connectivity index (χ0v) is 19.1. The van der Waals surface area contributed by atoms with Crippen molar-refractivity contribution < 1.29 is 34.7 Å². The Morgan fingerprint density at radius 2 is 1.69 bits per heavy atom. The molecule has 0 saturated carbocycles. The Balaban J connectivity index is 1.40. The fourth-order valence-corrected chi connectivity index (χ4v) is 4.91. The number of carbonyl (C=O) groups excluding carboxylic acids is 1. The lowest BCUT2D eigenvalue weighted by atomic mass is 9.79. The first-order chi connectivity index (χ1) is 17.0. The highest BCUT2D eigenvalue weighted by Gasteiger charge is 2.44. The Labute approximate surface area is 203 Å². The summed E-state index contributed by atoms with van der Waals surface area (Å²) in [5.41, 5.74) is 4.69. The Kier molecular flexibility index (Phi) is 6.73. The number of carbonyl (C=O) groups is 1. The largest absolute Gasteiger partial charge is 0.462 e. The van der Waals surface area contributed by atoms with Gasteiger partial charge < -0.3 is 35.2 Å². The zero-order chi connectivity index (χ0) is 24.5. The van der Waals surface area contributed by atoms with Crippen LogP contribution in [-0.4, -0.2) is 63.5 Å². The van der Waals surface area contributed by atoms with Gasteiger partial charge in [0.25, 0.3) is 0 Å². The van der Waals surface area contributed by atoms with Crippen molar-refractivity contribution in [1.82, 2.24) is 5.32 Å². The molecule has 0 bridgehead atoms. The SMILES string of the molecule is O=C1CCCC2=C1C(c1ccc(O[C@@H]3O[C@H](CO)[C@@H](O)[C@@H](O)[C@H]3O)cc1)C=C(c1ccccc1)N2. The number of ketones is 1. The van der Waals surface area contributed by atoms with Gasteiger partial charge in [-0.1, -0.05) is 42.5 Å². The van der Waals surface area contributed by atoms with Crippen LogP contribution in [0.25, 0.3) is 5.70 Å². The van der Waals surface area contributed by atoms with Gasteiger partial charge in [0, 0.05) is 29.3 Å². The number of aliphatic hydroxyl groups excluding tert-OH is 4. The first-order valence-corrected chi connectivity index (χ1v) is 11.8. The highest BCUT2D eigenvalue weighted by molar-refractivity contribution is 6.00. The summed E-state index contributed by atoms with van der Waals surface area (Å²) >= 11 is 0. The Bertz CT molecular complexity index is 1130. The predicted octanol–water partition coefficient (Wildman–Crippen LogP) is 1.60. The van der Waals surface area contributed by atoms with Crippen LogP contribution in [0.1, 0.15) is 36.3 Å². The Morgan fingerprint density at radius 3 is 2.40 bits per heavy atom. The Hall–Kier alpha value is -3.01. The smallest absolute Gasteiger partial charge is 0.229 e. The van der Waals surface area contributed by atoms with E-state index in [2.05, 4.69) is 11.4 Å². The fraction of sp³-hybridized carbons (Fsp3) is 0.370. The Morgan fingerprint density at radius 1 is 0.943 bits per heavy atom. The normalized spacial score (nSPS) is 30.9. The molecular formula is C27H29NO7. The summed E-state index contributed by atoms with van der Waals surface area (Å²) in [5.74, 6) is 0.313. The van der Waals surface area contributed by atoms with Crippen LogP contribution < -0.4 is 10.1 Å². The molecule has 0 aromatic heterocycles. The van der Waals surface area contributed by atoms with Gasteiger partial charge >= 0.3 is 0 Å². The molecule has 35 heavy (non-hydrogen) atoms. The lowest BCUT2D eigenvalue weighted by Crippen LogP contribution is -2.60. The number of rotatable bonds is 5. The third kappa shape index (κ3) is 4.63. The van der Waals surface area contributed by atoms with Gasteiger partial charge in [-0.25, -0.2) is 0 Å². The van der Waals surface area contributed by atoms with Gasteiger partial charge in [-0.3, -0.25) is 4.79 Å². The molecule has 8 heteroatoms. The molecule has 1 unspecified atom stereocenters. The number of aliphatic hydroxyl groups is 4. The van der Waals surface area contributed by atoms with Crippen molar-refractivity contribution in [1.29, 1.82) is 0 Å². The second-order valence-electron chi connectivity index (χ2n) is 9.10. The van der Waals surface area contributed by atoms with Gasteiger partial charge in [-0.15, -0.1) is 0 Å². The van der Waals surface area contributed by atoms with Crippen LogP contribution in [0.15, 0.2) is 71.9 Å². The molecule has 0 amide bonds. The highest BCUT2D eigenvalue weighted by atomic mass is 16.7. The number of Topliss-reactive ketones (excluding diaryl/α,β-unsaturated/α-hetero) is 1. The molecule has 5 N–H and O–H groups in total. The molecule has 2 aromatic carbocycles. The molecule has 1 fully saturated rings. The van der Waals surface area contributed by atoms with Crippen molar-refractivity contribution in [3.63, 3.8) is 0 Å². The monoisotopic (exact) mass is 479 g/mol. The summed E-state index contributed by atoms with van der Waals surface area (Å²) in [7, 11) is 0. The number of hydrogen-bond donors (Lipinski definition) is 5. The van der Waals surface area contributed by atoms with Crippen molar-refractivity contribution in [2.45, 2.75) is 55.9 Å². The minimum absolute atomic E-state index is 0.147. The van der Waals surface area contributed by atoms with E-state index in [0.717, 1.165) is 40.9 Å². The van der Waals surface area contributed by atoms with E-state index in [1.54, 1.807) is 12.1 Å². The average molecular weight is 480 g/mol. The van der Waals surface area contributed by atoms with Gasteiger partial charge in [0.05, 0.1) is 6.61 Å². The maximum atomic E-state index is 12.9. The second kappa shape index (κ2) is 9.93. The molecule has 2 aliphatic heterocycles. The summed E-state index contributed by atoms with van der Waals surface area (Å²) in [6.45, 7) is -0.527. The van der Waals surface area contributed by atoms with E-state index in [1.165, 1.54) is 0 Å². The molecule has 184 valence electrons. The molecule has 0 spiro atoms. The van der Waals surface area contributed by atoms with Gasteiger partial charge in [-0.05, 0) is 42.2 Å². The summed E-state index contributed by atoms with van der Waals surface area (Å²) in [5, 5.41) is 43.0. The number of ether oxygens (including phenoxy) is 2. The summed E-state index contributed by atoms with van der Waals surface area (Å²) in [4.78, 5) is 12.9. The minimum atomic E-state index is -1.51. The topological polar surface area (TPSA) is 128 Å². The van der Waals surface area contributed by atoms with Crippen LogP contribution in [-0.2, 0) is 9.53 Å². The van der Waals surface area contributed by atoms with Crippen molar-refractivity contribution >= 4 is 11.5 Å². The number of dihydropyridines is 1. The molecule has 8 nitrogen and oxygen atoms in total. The minimum Gasteiger partial charge on any atom is -0.462 e. The predicted molar refractivity (Wildman–Crippen MR) is 127 cm³/mol. The van der Waals surface area contributed by atoms with Crippen molar-refractivity contribution in [2.75, 3.05) is 6.61 Å². The van der Waals surface area contributed by atoms with Crippen molar-refractivity contribution in [3.05, 3.63) is 83.1 Å². The lowest BCUT2D eigenvalue weighted by molar-refractivity contribution is -0.277. The second-order valence-corrected chi connectivity index (χ2v) is 9.10. The van der Waals surface area contributed by atoms with Crippen molar-refractivity contribution in [2.24, 2.45) is 0 Å². The van der Waals surface area contributed by atoms with E-state index in [-0.39, 0.29) is 11.7 Å². The number of hydrogen-bond acceptors (Lipinski definition) is 8. The van der Waals surface area contributed by atoms with E-state index in [0.29, 0.717) is 12.2 Å². The molecule has 5 rings (SSSR count). The molecule has 2 heterocycles. The van der Waals surface area contributed by atoms with Crippen LogP contribution in [0.5, 0.6) is 5.75 Å². The van der Waals surface area contributed by atoms with Crippen molar-refractivity contribution in [3.8, 4) is 5.75 Å². The van der Waals surface area contributed by atoms with Gasteiger partial charge in [-0.2, -0.15) is 0 Å². The summed E-state index contributed by atoms with van der Waals surface area (Å²) < 4.78 is 11.1. The first-order valence-electron chi connectivity index (χ1n) is 11.8. The van der Waals surface area contributed by atoms with Crippen LogP contribution in [0.2, 0.25) is 0 Å². The zero-order valence-electron chi connectivity index (χ0n) is 19.1. The highest BCUT2D eigenvalue weighted by Crippen LogP contribution is 2.40. The van der Waals surface area contributed by atoms with Crippen LogP contribution in [0.3, 0.4) is 0 Å². The summed E-state index contributed by atoms with van der Waals surface area (Å²) in [6.07, 6.45) is -2.49. The number of nitrogens with one attached hydrogen (secondary N) is 1. The van der Waals surface area contributed by atoms with E-state index in [4.69, 9.17) is 9.47 Å². The molecule has 3 aliphatic rings. The first kappa shape index (κ1) is 23.7. The van der Waals surface area contributed by atoms with E-state index < -0.39 is 37.3 Å². The molecule has 6 atom stereocenters. The van der Waals surface area contributed by atoms with Crippen LogP contribution in [0.4, 0.5) is 0 Å². The van der Waals surface area contributed by atoms with Gasteiger partial charge in [0.2, 0.25) is 6.29 Å². The van der Waals surface area contributed by atoms with Crippen LogP contribution in [0, 0.1) is 0 Å². The standard InChI is InChI=1S/C27H29NO7/c29-14-22-24(31)25(32)26(33)27(35-22)34-17-11-9-15(10-12-17)18-13-20(16-5-2-1-3-6-16)28-19-7-4-8-21(30)23(18)19/h1-3,5-6,9-13,18,22,24-29,31-33H,4,7-8,14H2/t18?,22-,24-,25-,26-,27-/m1/s1. The maximum Gasteiger partial charge on any atom is 0.229 e. The number of allylic oxidation sites excluding steroid dienone is 3. The number of benzene rings is 2. The average Bonchev–Trinajstić information content (AvgIpc) is 2.89. The molecule has 0 radical (unpaired) electrons.